The molecule has 17 heavy (non-hydrogen) atoms. The summed E-state index contributed by atoms with van der Waals surface area (Å²) in [6.07, 6.45) is 0. The third kappa shape index (κ3) is 3.45. The Labute approximate surface area is 141 Å². The van der Waals surface area contributed by atoms with Crippen LogP contribution in [0, 0.1) is 0 Å². The molecular formula is C6H9Cl8N3. The molecule has 0 aromatic heterocycles. The van der Waals surface area contributed by atoms with Gasteiger partial charge in [0.2, 0.25) is 4.46 Å². The van der Waals surface area contributed by atoms with Crippen molar-refractivity contribution >= 4 is 81.4 Å². The van der Waals surface area contributed by atoms with Crippen molar-refractivity contribution in [1.29, 1.82) is 0 Å². The van der Waals surface area contributed by atoms with Crippen LogP contribution in [-0.4, -0.2) is 37.4 Å². The Balaban J connectivity index is 0.00000256. The number of hydrogen-bond donors (Lipinski definition) is 2. The lowest BCUT2D eigenvalue weighted by Crippen LogP contribution is -3.24. The Morgan fingerprint density at radius 2 is 1.59 bits per heavy atom. The first kappa shape index (κ1) is 19.2. The predicted octanol–water partition coefficient (Wildman–Crippen LogP) is -1.30. The Kier molecular flexibility index (Phi) is 7.13. The highest BCUT2D eigenvalue weighted by Crippen LogP contribution is 2.50. The highest BCUT2D eigenvalue weighted by Gasteiger charge is 2.68. The Morgan fingerprint density at radius 1 is 1.12 bits per heavy atom. The molecule has 11 heteroatoms. The zero-order valence-corrected chi connectivity index (χ0v) is 14.2. The molecule has 0 aliphatic carbocycles. The molecule has 1 aliphatic heterocycles. The molecule has 0 aromatic carbocycles. The summed E-state index contributed by atoms with van der Waals surface area (Å²) in [5.41, 5.74) is 5.44. The van der Waals surface area contributed by atoms with E-state index in [1.54, 1.807) is 0 Å². The fourth-order valence-electron chi connectivity index (χ4n) is 1.40. The van der Waals surface area contributed by atoms with Gasteiger partial charge >= 0.3 is 0 Å². The highest BCUT2D eigenvalue weighted by atomic mass is 35.5. The second-order valence-electron chi connectivity index (χ2n) is 3.38. The van der Waals surface area contributed by atoms with Gasteiger partial charge in [-0.25, -0.2) is 0 Å². The first-order valence-corrected chi connectivity index (χ1v) is 6.82. The van der Waals surface area contributed by atoms with Crippen LogP contribution in [0.1, 0.15) is 0 Å². The largest absolute Gasteiger partial charge is 1.00 e. The van der Waals surface area contributed by atoms with Gasteiger partial charge in [-0.1, -0.05) is 46.4 Å². The van der Waals surface area contributed by atoms with Gasteiger partial charge in [0.25, 0.3) is 8.91 Å². The molecule has 1 aliphatic rings. The van der Waals surface area contributed by atoms with Crippen molar-refractivity contribution in [2.24, 2.45) is 5.73 Å². The molecule has 0 spiro atoms. The molecule has 104 valence electrons. The maximum Gasteiger partial charge on any atom is 0.298 e. The summed E-state index contributed by atoms with van der Waals surface area (Å²) in [6.45, 7) is 0.859. The van der Waals surface area contributed by atoms with E-state index in [2.05, 4.69) is 0 Å². The van der Waals surface area contributed by atoms with E-state index in [0.29, 0.717) is 18.0 Å². The van der Waals surface area contributed by atoms with Crippen molar-refractivity contribution in [2.45, 2.75) is 13.4 Å². The van der Waals surface area contributed by atoms with E-state index in [9.17, 15) is 0 Å². The molecule has 1 fully saturated rings. The van der Waals surface area contributed by atoms with E-state index < -0.39 is 13.4 Å². The second kappa shape index (κ2) is 6.31. The maximum atomic E-state index is 6.10. The number of piperazine rings is 1. The maximum absolute atomic E-state index is 6.10. The molecule has 3 N–H and O–H groups in total. The standard InChI is InChI=1S/C6H8Cl7N3.ClH/c7-4(8)3-15(2-1-14)5(9,10)6(11,12)16(4)13;/h1-3,14H2;1H. The van der Waals surface area contributed by atoms with Gasteiger partial charge < -0.3 is 18.1 Å². The molecule has 0 amide bonds. The summed E-state index contributed by atoms with van der Waals surface area (Å²) in [4.78, 5) is 0.547. The average Bonchev–Trinajstić information content (AvgIpc) is 2.13. The molecule has 3 nitrogen and oxygen atoms in total. The van der Waals surface area contributed by atoms with Gasteiger partial charge in [-0.15, -0.1) is 4.42 Å². The number of nitrogens with two attached hydrogens (primary N) is 1. The first-order valence-electron chi connectivity index (χ1n) is 4.22. The molecular weight excluding hydrogens is 398 g/mol. The minimum absolute atomic E-state index is 0. The predicted molar refractivity (Wildman–Crippen MR) is 70.8 cm³/mol. The van der Waals surface area contributed by atoms with Crippen LogP contribution in [0.15, 0.2) is 0 Å². The molecule has 1 atom stereocenters. The zero-order chi connectivity index (χ0) is 12.8. The van der Waals surface area contributed by atoms with E-state index in [-0.39, 0.29) is 19.0 Å². The molecule has 0 saturated carbocycles. The van der Waals surface area contributed by atoms with E-state index in [1.165, 1.54) is 0 Å². The smallest absolute Gasteiger partial charge is 0.298 e. The number of rotatable bonds is 2. The fraction of sp³-hybridized carbons (Fsp3) is 1.00. The summed E-state index contributed by atoms with van der Waals surface area (Å²) in [5.74, 6) is 0. The van der Waals surface area contributed by atoms with Crippen molar-refractivity contribution in [2.75, 3.05) is 19.6 Å². The van der Waals surface area contributed by atoms with Gasteiger partial charge in [-0.3, -0.25) is 4.90 Å². The zero-order valence-electron chi connectivity index (χ0n) is 8.17. The average molecular weight is 407 g/mol. The molecule has 1 rings (SSSR count). The summed E-state index contributed by atoms with van der Waals surface area (Å²) in [5, 5.41) is 0. The summed E-state index contributed by atoms with van der Waals surface area (Å²) in [7, 11) is 0. The van der Waals surface area contributed by atoms with Crippen molar-refractivity contribution in [3.8, 4) is 0 Å². The number of quaternary nitrogens is 1. The third-order valence-corrected chi connectivity index (χ3v) is 6.09. The van der Waals surface area contributed by atoms with Gasteiger partial charge in [0, 0.05) is 6.54 Å². The van der Waals surface area contributed by atoms with Crippen LogP contribution in [0.4, 0.5) is 0 Å². The molecule has 0 bridgehead atoms. The number of alkyl halides is 6. The van der Waals surface area contributed by atoms with Crippen LogP contribution in [0.3, 0.4) is 0 Å². The molecule has 1 heterocycles. The van der Waals surface area contributed by atoms with Crippen LogP contribution in [-0.2, 0) is 0 Å². The highest BCUT2D eigenvalue weighted by molar-refractivity contribution is 6.63. The lowest BCUT2D eigenvalue weighted by atomic mass is 10.3. The number of hydrogen-bond acceptors (Lipinski definition) is 2. The minimum Gasteiger partial charge on any atom is -1.00 e. The summed E-state index contributed by atoms with van der Waals surface area (Å²) >= 11 is 42.0. The van der Waals surface area contributed by atoms with Crippen molar-refractivity contribution in [1.82, 2.24) is 4.42 Å². The van der Waals surface area contributed by atoms with Gasteiger partial charge in [0.1, 0.15) is 6.54 Å². The van der Waals surface area contributed by atoms with Crippen molar-refractivity contribution in [3.63, 3.8) is 0 Å². The molecule has 0 aromatic rings. The van der Waals surface area contributed by atoms with Gasteiger partial charge in [-0.05, 0) is 35.0 Å². The first-order chi connectivity index (χ1) is 7.07. The van der Waals surface area contributed by atoms with E-state index >= 15 is 0 Å². The lowest BCUT2D eigenvalue weighted by molar-refractivity contribution is -0.932. The van der Waals surface area contributed by atoms with Crippen LogP contribution in [0.2, 0.25) is 0 Å². The van der Waals surface area contributed by atoms with E-state index in [0.717, 1.165) is 4.42 Å². The summed E-state index contributed by atoms with van der Waals surface area (Å²) in [6, 6.07) is 0. The van der Waals surface area contributed by atoms with Crippen LogP contribution >= 0.6 is 81.4 Å². The Bertz CT molecular complexity index is 270. The van der Waals surface area contributed by atoms with Crippen LogP contribution in [0.5, 0.6) is 0 Å². The quantitative estimate of drug-likeness (QED) is 0.339. The van der Waals surface area contributed by atoms with E-state index in [4.69, 9.17) is 87.1 Å². The number of nitrogens with one attached hydrogen (secondary N) is 1. The van der Waals surface area contributed by atoms with Gasteiger partial charge in [-0.2, -0.15) is 0 Å². The van der Waals surface area contributed by atoms with Crippen LogP contribution in [0.25, 0.3) is 0 Å². The monoisotopic (exact) mass is 403 g/mol. The Morgan fingerprint density at radius 3 is 2.00 bits per heavy atom. The normalized spacial score (nSPS) is 30.7. The fourth-order valence-corrected chi connectivity index (χ4v) is 3.47. The molecule has 1 unspecified atom stereocenters. The molecule has 1 saturated heterocycles. The van der Waals surface area contributed by atoms with E-state index in [1.807, 2.05) is 0 Å². The minimum atomic E-state index is -1.84. The summed E-state index contributed by atoms with van der Waals surface area (Å²) < 4.78 is -4.12. The second-order valence-corrected chi connectivity index (χ2v) is 7.78. The van der Waals surface area contributed by atoms with Crippen molar-refractivity contribution < 1.29 is 17.3 Å². The topological polar surface area (TPSA) is 33.7 Å². The van der Waals surface area contributed by atoms with Crippen LogP contribution < -0.4 is 23.0 Å². The number of nitrogens with zero attached hydrogens (tertiary/aromatic N) is 1. The SMILES string of the molecule is NCC[NH+]1CC(Cl)(Cl)N(Cl)C(Cl)(Cl)C1(Cl)Cl.[Cl-]. The van der Waals surface area contributed by atoms with Crippen molar-refractivity contribution in [3.05, 3.63) is 0 Å². The van der Waals surface area contributed by atoms with Gasteiger partial charge in [0.15, 0.2) is 0 Å². The third-order valence-electron chi connectivity index (χ3n) is 2.23. The Hall–Kier alpha value is 2.20. The number of halogens is 8. The molecule has 0 radical (unpaired) electrons. The van der Waals surface area contributed by atoms with Gasteiger partial charge in [0.05, 0.1) is 6.54 Å². The lowest BCUT2D eigenvalue weighted by Gasteiger charge is -2.50.